The van der Waals surface area contributed by atoms with Crippen LogP contribution in [0.25, 0.3) is 0 Å². The molecule has 3 rings (SSSR count). The first kappa shape index (κ1) is 18.9. The molecule has 5 nitrogen and oxygen atoms in total. The first-order chi connectivity index (χ1) is 12.5. The van der Waals surface area contributed by atoms with Crippen molar-refractivity contribution < 1.29 is 9.59 Å². The lowest BCUT2D eigenvalue weighted by Crippen LogP contribution is -2.47. The van der Waals surface area contributed by atoms with Gasteiger partial charge < -0.3 is 15.5 Å². The number of piperidine rings is 1. The molecule has 142 valence electrons. The Hall–Kier alpha value is -1.88. The molecule has 2 aliphatic rings. The van der Waals surface area contributed by atoms with Crippen LogP contribution in [0.3, 0.4) is 0 Å². The van der Waals surface area contributed by atoms with Gasteiger partial charge in [-0.2, -0.15) is 0 Å². The number of carbonyl (C=O) groups is 2. The van der Waals surface area contributed by atoms with Crippen LogP contribution in [0.15, 0.2) is 18.2 Å². The van der Waals surface area contributed by atoms with Gasteiger partial charge in [0.15, 0.2) is 0 Å². The van der Waals surface area contributed by atoms with E-state index in [1.807, 2.05) is 17.0 Å². The predicted molar refractivity (Wildman–Crippen MR) is 103 cm³/mol. The zero-order valence-electron chi connectivity index (χ0n) is 16.2. The van der Waals surface area contributed by atoms with Crippen LogP contribution in [-0.4, -0.2) is 47.3 Å². The van der Waals surface area contributed by atoms with Crippen LogP contribution >= 0.6 is 0 Å². The fourth-order valence-electron chi connectivity index (χ4n) is 4.59. The van der Waals surface area contributed by atoms with Crippen molar-refractivity contribution in [2.24, 2.45) is 11.7 Å². The smallest absolute Gasteiger partial charge is 0.255 e. The number of primary amides is 1. The second-order valence-corrected chi connectivity index (χ2v) is 7.74. The minimum absolute atomic E-state index is 0.00684. The predicted octanol–water partition coefficient (Wildman–Crippen LogP) is 3.20. The van der Waals surface area contributed by atoms with E-state index in [-0.39, 0.29) is 18.0 Å². The molecule has 2 heterocycles. The van der Waals surface area contributed by atoms with E-state index in [0.717, 1.165) is 44.0 Å². The Kier molecular flexibility index (Phi) is 5.66. The summed E-state index contributed by atoms with van der Waals surface area (Å²) < 4.78 is 0. The second kappa shape index (κ2) is 7.78. The molecule has 0 spiro atoms. The maximum Gasteiger partial charge on any atom is 0.255 e. The molecular formula is C21H31N3O2. The number of nitrogens with zero attached hydrogens (tertiary/aromatic N) is 2. The Morgan fingerprint density at radius 3 is 2.46 bits per heavy atom. The summed E-state index contributed by atoms with van der Waals surface area (Å²) in [7, 11) is 0. The Morgan fingerprint density at radius 2 is 1.88 bits per heavy atom. The van der Waals surface area contributed by atoms with Crippen LogP contribution in [0.5, 0.6) is 0 Å². The van der Waals surface area contributed by atoms with Crippen LogP contribution in [0.2, 0.25) is 0 Å². The van der Waals surface area contributed by atoms with Gasteiger partial charge in [0.2, 0.25) is 5.91 Å². The summed E-state index contributed by atoms with van der Waals surface area (Å²) >= 11 is 0. The van der Waals surface area contributed by atoms with Crippen molar-refractivity contribution in [1.82, 2.24) is 9.80 Å². The van der Waals surface area contributed by atoms with Crippen LogP contribution in [0, 0.1) is 5.92 Å². The van der Waals surface area contributed by atoms with Crippen molar-refractivity contribution in [3.63, 3.8) is 0 Å². The lowest BCUT2D eigenvalue weighted by atomic mass is 9.98. The van der Waals surface area contributed by atoms with Gasteiger partial charge in [0, 0.05) is 25.7 Å². The van der Waals surface area contributed by atoms with Gasteiger partial charge in [0.1, 0.15) is 0 Å². The number of amides is 2. The molecule has 2 aliphatic heterocycles. The third-order valence-electron chi connectivity index (χ3n) is 6.30. The van der Waals surface area contributed by atoms with Gasteiger partial charge in [0.05, 0.1) is 17.2 Å². The van der Waals surface area contributed by atoms with E-state index in [4.69, 9.17) is 5.73 Å². The molecule has 1 atom stereocenters. The second-order valence-electron chi connectivity index (χ2n) is 7.74. The quantitative estimate of drug-likeness (QED) is 0.850. The Labute approximate surface area is 156 Å². The molecule has 0 aromatic heterocycles. The van der Waals surface area contributed by atoms with Gasteiger partial charge in [0.25, 0.3) is 5.91 Å². The van der Waals surface area contributed by atoms with Crippen molar-refractivity contribution in [2.75, 3.05) is 19.6 Å². The first-order valence-electron chi connectivity index (χ1n) is 9.95. The highest BCUT2D eigenvalue weighted by Gasteiger charge is 2.41. The highest BCUT2D eigenvalue weighted by Crippen LogP contribution is 2.38. The Morgan fingerprint density at radius 1 is 1.23 bits per heavy atom. The summed E-state index contributed by atoms with van der Waals surface area (Å²) in [5.41, 5.74) is 7.30. The number of benzene rings is 1. The van der Waals surface area contributed by atoms with Crippen molar-refractivity contribution in [2.45, 2.75) is 58.5 Å². The lowest BCUT2D eigenvalue weighted by Gasteiger charge is -2.39. The third-order valence-corrected chi connectivity index (χ3v) is 6.30. The Balaban J connectivity index is 1.71. The molecule has 1 unspecified atom stereocenters. The average Bonchev–Trinajstić information content (AvgIpc) is 2.91. The average molecular weight is 357 g/mol. The van der Waals surface area contributed by atoms with Crippen molar-refractivity contribution >= 4 is 11.8 Å². The molecule has 0 aliphatic carbocycles. The van der Waals surface area contributed by atoms with Gasteiger partial charge in [-0.05, 0) is 37.3 Å². The number of fused-ring (bicyclic) bond motifs is 1. The van der Waals surface area contributed by atoms with E-state index < -0.39 is 5.91 Å². The largest absolute Gasteiger partial charge is 0.366 e. The first-order valence-corrected chi connectivity index (χ1v) is 9.95. The van der Waals surface area contributed by atoms with Crippen molar-refractivity contribution in [1.29, 1.82) is 0 Å². The molecular weight excluding hydrogens is 326 g/mol. The zero-order valence-corrected chi connectivity index (χ0v) is 16.2. The minimum atomic E-state index is -0.524. The van der Waals surface area contributed by atoms with Gasteiger partial charge in [-0.3, -0.25) is 9.59 Å². The van der Waals surface area contributed by atoms with Crippen LogP contribution in [-0.2, 0) is 0 Å². The van der Waals surface area contributed by atoms with Crippen molar-refractivity contribution in [3.8, 4) is 0 Å². The van der Waals surface area contributed by atoms with Crippen LogP contribution in [0.1, 0.15) is 78.8 Å². The lowest BCUT2D eigenvalue weighted by molar-refractivity contribution is 0.0500. The molecule has 0 saturated carbocycles. The van der Waals surface area contributed by atoms with Gasteiger partial charge in [-0.1, -0.05) is 38.8 Å². The molecule has 0 bridgehead atoms. The summed E-state index contributed by atoms with van der Waals surface area (Å²) in [4.78, 5) is 29.4. The van der Waals surface area contributed by atoms with E-state index in [9.17, 15) is 9.59 Å². The highest BCUT2D eigenvalue weighted by atomic mass is 16.2. The third kappa shape index (κ3) is 3.37. The number of carbonyl (C=O) groups excluding carboxylic acids is 2. The topological polar surface area (TPSA) is 66.6 Å². The van der Waals surface area contributed by atoms with E-state index >= 15 is 0 Å². The van der Waals surface area contributed by atoms with E-state index in [2.05, 4.69) is 25.7 Å². The number of hydrogen-bond donors (Lipinski definition) is 1. The summed E-state index contributed by atoms with van der Waals surface area (Å²) in [6.07, 6.45) is 4.44. The van der Waals surface area contributed by atoms with E-state index in [1.54, 1.807) is 6.07 Å². The molecule has 26 heavy (non-hydrogen) atoms. The fraction of sp³-hybridized carbons (Fsp3) is 0.619. The minimum Gasteiger partial charge on any atom is -0.366 e. The SMILES string of the molecule is CCC(CC)CN1CCC(N2C(=O)c3c(C(N)=O)cccc3C2C)CC1. The number of hydrogen-bond acceptors (Lipinski definition) is 3. The molecule has 0 radical (unpaired) electrons. The molecule has 1 aromatic carbocycles. The highest BCUT2D eigenvalue weighted by molar-refractivity contribution is 6.09. The molecule has 1 aromatic rings. The molecule has 2 N–H and O–H groups in total. The van der Waals surface area contributed by atoms with Crippen LogP contribution in [0.4, 0.5) is 0 Å². The normalized spacial score (nSPS) is 21.5. The molecule has 2 amide bonds. The molecule has 1 saturated heterocycles. The Bertz CT molecular complexity index is 676. The summed E-state index contributed by atoms with van der Waals surface area (Å²) in [6.45, 7) is 9.83. The van der Waals surface area contributed by atoms with Gasteiger partial charge in [-0.25, -0.2) is 0 Å². The van der Waals surface area contributed by atoms with Crippen LogP contribution < -0.4 is 5.73 Å². The molecule has 5 heteroatoms. The number of nitrogens with two attached hydrogens (primary N) is 1. The standard InChI is InChI=1S/C21H31N3O2/c1-4-15(5-2)13-23-11-9-16(10-12-23)24-14(3)17-7-6-8-18(20(22)25)19(17)21(24)26/h6-8,14-16H,4-5,9-13H2,1-3H3,(H2,22,25). The van der Waals surface area contributed by atoms with E-state index in [0.29, 0.717) is 11.1 Å². The monoisotopic (exact) mass is 357 g/mol. The summed E-state index contributed by atoms with van der Waals surface area (Å²) in [5.74, 6) is 0.214. The molecule has 1 fully saturated rings. The fourth-order valence-corrected chi connectivity index (χ4v) is 4.59. The number of likely N-dealkylation sites (tertiary alicyclic amines) is 1. The van der Waals surface area contributed by atoms with Gasteiger partial charge in [-0.15, -0.1) is 0 Å². The maximum absolute atomic E-state index is 13.1. The zero-order chi connectivity index (χ0) is 18.8. The summed E-state index contributed by atoms with van der Waals surface area (Å²) in [6, 6.07) is 5.68. The van der Waals surface area contributed by atoms with Gasteiger partial charge >= 0.3 is 0 Å². The maximum atomic E-state index is 13.1. The number of rotatable bonds is 6. The summed E-state index contributed by atoms with van der Waals surface area (Å²) in [5, 5.41) is 0. The van der Waals surface area contributed by atoms with Crippen molar-refractivity contribution in [3.05, 3.63) is 34.9 Å². The van der Waals surface area contributed by atoms with E-state index in [1.165, 1.54) is 12.8 Å².